The lowest BCUT2D eigenvalue weighted by atomic mass is 9.99. The fourth-order valence-corrected chi connectivity index (χ4v) is 3.44. The van der Waals surface area contributed by atoms with Crippen LogP contribution in [0, 0.1) is 12.8 Å². The van der Waals surface area contributed by atoms with Gasteiger partial charge in [0.15, 0.2) is 5.96 Å². The third-order valence-electron chi connectivity index (χ3n) is 4.83. The van der Waals surface area contributed by atoms with Crippen molar-refractivity contribution >= 4 is 29.9 Å². The van der Waals surface area contributed by atoms with Crippen molar-refractivity contribution in [2.24, 2.45) is 10.9 Å². The van der Waals surface area contributed by atoms with E-state index in [1.54, 1.807) is 0 Å². The fourth-order valence-electron chi connectivity index (χ4n) is 3.44. The molecule has 1 aliphatic rings. The third kappa shape index (κ3) is 5.97. The van der Waals surface area contributed by atoms with Crippen molar-refractivity contribution in [3.63, 3.8) is 0 Å². The van der Waals surface area contributed by atoms with E-state index in [2.05, 4.69) is 62.7 Å². The Labute approximate surface area is 174 Å². The van der Waals surface area contributed by atoms with Gasteiger partial charge in [-0.2, -0.15) is 0 Å². The summed E-state index contributed by atoms with van der Waals surface area (Å²) in [7, 11) is 1.88. The Kier molecular flexibility index (Phi) is 8.35. The van der Waals surface area contributed by atoms with Crippen LogP contribution in [-0.4, -0.2) is 42.5 Å². The molecule has 2 aromatic rings. The number of benzene rings is 1. The molecule has 2 heterocycles. The van der Waals surface area contributed by atoms with E-state index >= 15 is 0 Å². The van der Waals surface area contributed by atoms with Crippen LogP contribution in [0.2, 0.25) is 0 Å². The highest BCUT2D eigenvalue weighted by molar-refractivity contribution is 14.0. The standard InChI is InChI=1S/C21H28N4.HI/c1-17-8-9-19(15-24-17)10-12-23-21(22-2)25-13-11-20(16-25)14-18-6-4-3-5-7-18;/h3-9,15,20H,10-14,16H2,1-2H3,(H,22,23);1H. The molecule has 1 aromatic carbocycles. The minimum atomic E-state index is 0. The van der Waals surface area contributed by atoms with Crippen LogP contribution in [0.5, 0.6) is 0 Å². The first kappa shape index (κ1) is 20.7. The number of aliphatic imine (C=N–C) groups is 1. The number of nitrogens with zero attached hydrogens (tertiary/aromatic N) is 3. The van der Waals surface area contributed by atoms with Gasteiger partial charge in [-0.3, -0.25) is 9.98 Å². The van der Waals surface area contributed by atoms with Crippen LogP contribution in [-0.2, 0) is 12.8 Å². The summed E-state index contributed by atoms with van der Waals surface area (Å²) in [5, 5.41) is 3.51. The minimum absolute atomic E-state index is 0. The molecule has 0 spiro atoms. The van der Waals surface area contributed by atoms with Crippen LogP contribution in [0.1, 0.15) is 23.2 Å². The van der Waals surface area contributed by atoms with Gasteiger partial charge >= 0.3 is 0 Å². The molecule has 1 saturated heterocycles. The van der Waals surface area contributed by atoms with Crippen LogP contribution >= 0.6 is 24.0 Å². The van der Waals surface area contributed by atoms with E-state index in [1.165, 1.54) is 17.5 Å². The van der Waals surface area contributed by atoms with Crippen molar-refractivity contribution in [2.75, 3.05) is 26.7 Å². The molecule has 0 radical (unpaired) electrons. The molecule has 1 aliphatic heterocycles. The molecule has 0 saturated carbocycles. The average molecular weight is 464 g/mol. The summed E-state index contributed by atoms with van der Waals surface area (Å²) in [6.07, 6.45) is 5.32. The Morgan fingerprint density at radius 3 is 2.69 bits per heavy atom. The van der Waals surface area contributed by atoms with E-state index < -0.39 is 0 Å². The van der Waals surface area contributed by atoms with Crippen molar-refractivity contribution in [3.8, 4) is 0 Å². The van der Waals surface area contributed by atoms with Gasteiger partial charge in [0, 0.05) is 38.6 Å². The van der Waals surface area contributed by atoms with Crippen LogP contribution in [0.4, 0.5) is 0 Å². The highest BCUT2D eigenvalue weighted by atomic mass is 127. The summed E-state index contributed by atoms with van der Waals surface area (Å²) in [6.45, 7) is 5.07. The van der Waals surface area contributed by atoms with E-state index in [9.17, 15) is 0 Å². The molecular weight excluding hydrogens is 435 g/mol. The number of nitrogens with one attached hydrogen (secondary N) is 1. The molecule has 0 aliphatic carbocycles. The Balaban J connectivity index is 0.00000243. The van der Waals surface area contributed by atoms with Gasteiger partial charge in [-0.15, -0.1) is 24.0 Å². The zero-order valence-electron chi connectivity index (χ0n) is 15.7. The molecule has 1 N–H and O–H groups in total. The maximum absolute atomic E-state index is 4.47. The number of hydrogen-bond acceptors (Lipinski definition) is 2. The van der Waals surface area contributed by atoms with Gasteiger partial charge in [-0.05, 0) is 49.3 Å². The summed E-state index contributed by atoms with van der Waals surface area (Å²) in [6, 6.07) is 15.0. The Hall–Kier alpha value is -1.63. The number of rotatable bonds is 5. The Bertz CT molecular complexity index is 685. The van der Waals surface area contributed by atoms with Gasteiger partial charge in [0.05, 0.1) is 0 Å². The van der Waals surface area contributed by atoms with Gasteiger partial charge in [-0.1, -0.05) is 36.4 Å². The number of hydrogen-bond donors (Lipinski definition) is 1. The van der Waals surface area contributed by atoms with E-state index in [0.717, 1.165) is 44.1 Å². The molecule has 26 heavy (non-hydrogen) atoms. The van der Waals surface area contributed by atoms with Crippen molar-refractivity contribution in [3.05, 3.63) is 65.5 Å². The van der Waals surface area contributed by atoms with Crippen LogP contribution in [0.3, 0.4) is 0 Å². The molecule has 1 aromatic heterocycles. The first-order chi connectivity index (χ1) is 12.2. The largest absolute Gasteiger partial charge is 0.356 e. The number of pyridine rings is 1. The summed E-state index contributed by atoms with van der Waals surface area (Å²) in [5.41, 5.74) is 3.76. The number of halogens is 1. The smallest absolute Gasteiger partial charge is 0.193 e. The summed E-state index contributed by atoms with van der Waals surface area (Å²) in [4.78, 5) is 11.2. The number of likely N-dealkylation sites (tertiary alicyclic amines) is 1. The lowest BCUT2D eigenvalue weighted by Gasteiger charge is -2.21. The van der Waals surface area contributed by atoms with Crippen LogP contribution in [0.25, 0.3) is 0 Å². The topological polar surface area (TPSA) is 40.5 Å². The second-order valence-corrected chi connectivity index (χ2v) is 6.82. The normalized spacial score (nSPS) is 17.1. The Morgan fingerprint density at radius 2 is 2.00 bits per heavy atom. The number of aromatic nitrogens is 1. The predicted molar refractivity (Wildman–Crippen MR) is 119 cm³/mol. The lowest BCUT2D eigenvalue weighted by Crippen LogP contribution is -2.41. The predicted octanol–water partition coefficient (Wildman–Crippen LogP) is 3.69. The zero-order chi connectivity index (χ0) is 17.5. The van der Waals surface area contributed by atoms with E-state index in [4.69, 9.17) is 0 Å². The van der Waals surface area contributed by atoms with E-state index in [0.29, 0.717) is 5.92 Å². The molecular formula is C21H29IN4. The van der Waals surface area contributed by atoms with Gasteiger partial charge in [0.25, 0.3) is 0 Å². The lowest BCUT2D eigenvalue weighted by molar-refractivity contribution is 0.460. The number of aryl methyl sites for hydroxylation is 1. The SMILES string of the molecule is CN=C(NCCc1ccc(C)nc1)N1CCC(Cc2ccccc2)C1.I. The first-order valence-electron chi connectivity index (χ1n) is 9.15. The van der Waals surface area contributed by atoms with Gasteiger partial charge < -0.3 is 10.2 Å². The minimum Gasteiger partial charge on any atom is -0.356 e. The quantitative estimate of drug-likeness (QED) is 0.417. The first-order valence-corrected chi connectivity index (χ1v) is 9.15. The molecule has 1 fully saturated rings. The average Bonchev–Trinajstić information content (AvgIpc) is 3.09. The van der Waals surface area contributed by atoms with Crippen molar-refractivity contribution in [1.82, 2.24) is 15.2 Å². The van der Waals surface area contributed by atoms with Gasteiger partial charge in [0.2, 0.25) is 0 Å². The summed E-state index contributed by atoms with van der Waals surface area (Å²) in [5.74, 6) is 1.73. The van der Waals surface area contributed by atoms with E-state index in [1.807, 2.05) is 20.2 Å². The monoisotopic (exact) mass is 464 g/mol. The highest BCUT2D eigenvalue weighted by Crippen LogP contribution is 2.20. The number of guanidine groups is 1. The van der Waals surface area contributed by atoms with Crippen molar-refractivity contribution < 1.29 is 0 Å². The highest BCUT2D eigenvalue weighted by Gasteiger charge is 2.24. The zero-order valence-corrected chi connectivity index (χ0v) is 18.0. The summed E-state index contributed by atoms with van der Waals surface area (Å²) >= 11 is 0. The molecule has 1 unspecified atom stereocenters. The van der Waals surface area contributed by atoms with E-state index in [-0.39, 0.29) is 24.0 Å². The van der Waals surface area contributed by atoms with Crippen molar-refractivity contribution in [1.29, 1.82) is 0 Å². The second-order valence-electron chi connectivity index (χ2n) is 6.82. The molecule has 3 rings (SSSR count). The molecule has 0 bridgehead atoms. The molecule has 0 amide bonds. The Morgan fingerprint density at radius 1 is 1.19 bits per heavy atom. The maximum Gasteiger partial charge on any atom is 0.193 e. The third-order valence-corrected chi connectivity index (χ3v) is 4.83. The van der Waals surface area contributed by atoms with Gasteiger partial charge in [0.1, 0.15) is 0 Å². The van der Waals surface area contributed by atoms with Crippen LogP contribution in [0.15, 0.2) is 53.7 Å². The molecule has 1 atom stereocenters. The molecule has 4 nitrogen and oxygen atoms in total. The van der Waals surface area contributed by atoms with Crippen molar-refractivity contribution in [2.45, 2.75) is 26.2 Å². The maximum atomic E-state index is 4.47. The summed E-state index contributed by atoms with van der Waals surface area (Å²) < 4.78 is 0. The van der Waals surface area contributed by atoms with Gasteiger partial charge in [-0.25, -0.2) is 0 Å². The molecule has 5 heteroatoms. The fraction of sp³-hybridized carbons (Fsp3) is 0.429. The second kappa shape index (κ2) is 10.5. The molecule has 140 valence electrons. The van der Waals surface area contributed by atoms with Crippen LogP contribution < -0.4 is 5.32 Å².